The molecule has 6 rings (SSSR count). The number of hydrogen-bond acceptors (Lipinski definition) is 3. The average Bonchev–Trinajstić information content (AvgIpc) is 3.14. The minimum atomic E-state index is -0.154. The fourth-order valence-electron chi connectivity index (χ4n) is 5.59. The van der Waals surface area contributed by atoms with Gasteiger partial charge in [0.2, 0.25) is 5.91 Å². The molecule has 4 fully saturated rings. The van der Waals surface area contributed by atoms with Gasteiger partial charge in [0, 0.05) is 30.3 Å². The second-order valence-corrected chi connectivity index (χ2v) is 9.38. The Labute approximate surface area is 166 Å². The molecule has 2 bridgehead atoms. The number of amides is 1. The topological polar surface area (TPSA) is 56.2 Å². The second-order valence-electron chi connectivity index (χ2n) is 9.38. The number of nitrogens with one attached hydrogen (secondary N) is 1. The van der Waals surface area contributed by atoms with Crippen molar-refractivity contribution in [3.05, 3.63) is 30.0 Å². The predicted molar refractivity (Wildman–Crippen MR) is 109 cm³/mol. The van der Waals surface area contributed by atoms with E-state index >= 15 is 0 Å². The standard InChI is InChI=1S/C23H31N3O2/c1-26-20-8-7-19(13-18(20)14-25-26)23-11-9-22(10-12-23,16-28-23)15-24-21(27)17-5-3-2-4-6-17/h7-8,13-14,17H,2-6,9-12,15-16H2,1H3,(H,24,27). The Kier molecular flexibility index (Phi) is 4.46. The van der Waals surface area contributed by atoms with Gasteiger partial charge in [-0.25, -0.2) is 0 Å². The molecule has 2 aliphatic carbocycles. The fraction of sp³-hybridized carbons (Fsp3) is 0.652. The quantitative estimate of drug-likeness (QED) is 0.869. The van der Waals surface area contributed by atoms with E-state index in [9.17, 15) is 4.79 Å². The van der Waals surface area contributed by atoms with E-state index in [1.165, 1.54) is 30.2 Å². The Morgan fingerprint density at radius 1 is 1.21 bits per heavy atom. The van der Waals surface area contributed by atoms with Crippen molar-refractivity contribution in [2.75, 3.05) is 13.2 Å². The summed E-state index contributed by atoms with van der Waals surface area (Å²) in [5, 5.41) is 8.83. The van der Waals surface area contributed by atoms with E-state index in [4.69, 9.17) is 4.74 Å². The van der Waals surface area contributed by atoms with Crippen LogP contribution in [0.2, 0.25) is 0 Å². The highest BCUT2D eigenvalue weighted by Gasteiger charge is 2.50. The zero-order valence-corrected chi connectivity index (χ0v) is 16.9. The van der Waals surface area contributed by atoms with Crippen molar-refractivity contribution in [3.63, 3.8) is 0 Å². The first kappa shape index (κ1) is 18.2. The molecule has 0 radical (unpaired) electrons. The monoisotopic (exact) mass is 381 g/mol. The van der Waals surface area contributed by atoms with Crippen LogP contribution < -0.4 is 5.32 Å². The molecule has 0 unspecified atom stereocenters. The molecule has 1 amide bonds. The van der Waals surface area contributed by atoms with Crippen molar-refractivity contribution in [1.82, 2.24) is 15.1 Å². The number of carbonyl (C=O) groups excluding carboxylic acids is 1. The van der Waals surface area contributed by atoms with Crippen LogP contribution in [0, 0.1) is 11.3 Å². The number of hydrogen-bond donors (Lipinski definition) is 1. The summed E-state index contributed by atoms with van der Waals surface area (Å²) in [5.74, 6) is 0.516. The predicted octanol–water partition coefficient (Wildman–Crippen LogP) is 4.06. The Hall–Kier alpha value is -1.88. The lowest BCUT2D eigenvalue weighted by Crippen LogP contribution is -2.54. The molecule has 5 heteroatoms. The number of fused-ring (bicyclic) bond motifs is 4. The summed E-state index contributed by atoms with van der Waals surface area (Å²) in [7, 11) is 1.98. The normalized spacial score (nSPS) is 30.6. The summed E-state index contributed by atoms with van der Waals surface area (Å²) in [6.07, 6.45) is 12.1. The molecule has 2 saturated carbocycles. The van der Waals surface area contributed by atoms with Crippen LogP contribution in [0.1, 0.15) is 63.4 Å². The highest BCUT2D eigenvalue weighted by Crippen LogP contribution is 2.53. The molecule has 1 aromatic carbocycles. The summed E-state index contributed by atoms with van der Waals surface area (Å²) in [6.45, 7) is 1.53. The lowest BCUT2D eigenvalue weighted by molar-refractivity contribution is -0.188. The smallest absolute Gasteiger partial charge is 0.223 e. The molecule has 1 N–H and O–H groups in total. The first-order valence-corrected chi connectivity index (χ1v) is 10.9. The maximum absolute atomic E-state index is 12.6. The molecule has 0 atom stereocenters. The summed E-state index contributed by atoms with van der Waals surface area (Å²) < 4.78 is 8.42. The highest BCUT2D eigenvalue weighted by atomic mass is 16.5. The molecule has 0 spiro atoms. The van der Waals surface area contributed by atoms with E-state index in [2.05, 4.69) is 28.6 Å². The lowest BCUT2D eigenvalue weighted by atomic mass is 9.64. The zero-order chi connectivity index (χ0) is 19.2. The molecule has 3 heterocycles. The van der Waals surface area contributed by atoms with Gasteiger partial charge < -0.3 is 10.1 Å². The molecule has 2 aliphatic heterocycles. The third kappa shape index (κ3) is 3.04. The SMILES string of the molecule is Cn1ncc2cc(C34CCC(CNC(=O)C5CCCCC5)(CC3)CO4)ccc21. The molecule has 2 aromatic rings. The number of aromatic nitrogens is 2. The maximum Gasteiger partial charge on any atom is 0.223 e. The van der Waals surface area contributed by atoms with Crippen molar-refractivity contribution in [1.29, 1.82) is 0 Å². The van der Waals surface area contributed by atoms with Crippen LogP contribution in [0.15, 0.2) is 24.4 Å². The first-order valence-electron chi connectivity index (χ1n) is 10.9. The van der Waals surface area contributed by atoms with Crippen LogP contribution in [0.4, 0.5) is 0 Å². The minimum absolute atomic E-state index is 0.129. The van der Waals surface area contributed by atoms with E-state index in [0.717, 1.165) is 57.2 Å². The second kappa shape index (κ2) is 6.87. The van der Waals surface area contributed by atoms with Crippen LogP contribution in [0.25, 0.3) is 10.9 Å². The van der Waals surface area contributed by atoms with Gasteiger partial charge in [-0.15, -0.1) is 0 Å². The molecular weight excluding hydrogens is 350 g/mol. The van der Waals surface area contributed by atoms with Crippen molar-refractivity contribution in [2.24, 2.45) is 18.4 Å². The molecule has 150 valence electrons. The highest BCUT2D eigenvalue weighted by molar-refractivity contribution is 5.79. The largest absolute Gasteiger partial charge is 0.370 e. The maximum atomic E-state index is 12.6. The Morgan fingerprint density at radius 3 is 2.71 bits per heavy atom. The Morgan fingerprint density at radius 2 is 2.00 bits per heavy atom. The number of nitrogens with zero attached hydrogens (tertiary/aromatic N) is 2. The summed E-state index contributed by atoms with van der Waals surface area (Å²) >= 11 is 0. The van der Waals surface area contributed by atoms with Gasteiger partial charge in [0.15, 0.2) is 0 Å². The van der Waals surface area contributed by atoms with Gasteiger partial charge >= 0.3 is 0 Å². The third-order valence-corrected chi connectivity index (χ3v) is 7.66. The molecule has 1 aromatic heterocycles. The van der Waals surface area contributed by atoms with Crippen LogP contribution >= 0.6 is 0 Å². The van der Waals surface area contributed by atoms with E-state index in [1.807, 2.05) is 17.9 Å². The number of rotatable bonds is 4. The summed E-state index contributed by atoms with van der Waals surface area (Å²) in [6, 6.07) is 6.63. The van der Waals surface area contributed by atoms with Crippen LogP contribution in [-0.4, -0.2) is 28.8 Å². The lowest BCUT2D eigenvalue weighted by Gasteiger charge is -2.53. The van der Waals surface area contributed by atoms with E-state index < -0.39 is 0 Å². The van der Waals surface area contributed by atoms with Gasteiger partial charge in [-0.2, -0.15) is 5.10 Å². The van der Waals surface area contributed by atoms with E-state index in [1.54, 1.807) is 0 Å². The fourth-order valence-corrected chi connectivity index (χ4v) is 5.59. The molecular formula is C23H31N3O2. The summed E-state index contributed by atoms with van der Waals surface area (Å²) in [5.41, 5.74) is 2.42. The number of carbonyl (C=O) groups is 1. The van der Waals surface area contributed by atoms with E-state index in [0.29, 0.717) is 0 Å². The third-order valence-electron chi connectivity index (χ3n) is 7.66. The number of aryl methyl sites for hydroxylation is 1. The Bertz CT molecular complexity index is 857. The van der Waals surface area contributed by atoms with E-state index in [-0.39, 0.29) is 22.8 Å². The van der Waals surface area contributed by atoms with Crippen molar-refractivity contribution >= 4 is 16.8 Å². The van der Waals surface area contributed by atoms with Crippen molar-refractivity contribution in [3.8, 4) is 0 Å². The van der Waals surface area contributed by atoms with Gasteiger partial charge in [-0.3, -0.25) is 9.48 Å². The number of benzene rings is 1. The molecule has 5 nitrogen and oxygen atoms in total. The average molecular weight is 382 g/mol. The number of ether oxygens (including phenoxy) is 1. The van der Waals surface area contributed by atoms with Crippen molar-refractivity contribution < 1.29 is 9.53 Å². The Balaban J connectivity index is 1.25. The molecule has 4 aliphatic rings. The van der Waals surface area contributed by atoms with Gasteiger partial charge in [-0.05, 0) is 56.2 Å². The van der Waals surface area contributed by atoms with Gasteiger partial charge in [0.25, 0.3) is 0 Å². The van der Waals surface area contributed by atoms with Crippen LogP contribution in [-0.2, 0) is 22.2 Å². The van der Waals surface area contributed by atoms with Gasteiger partial charge in [0.05, 0.1) is 23.9 Å². The zero-order valence-electron chi connectivity index (χ0n) is 16.9. The summed E-state index contributed by atoms with van der Waals surface area (Å²) in [4.78, 5) is 12.6. The van der Waals surface area contributed by atoms with Gasteiger partial charge in [-0.1, -0.05) is 25.3 Å². The van der Waals surface area contributed by atoms with Crippen molar-refractivity contribution in [2.45, 2.75) is 63.4 Å². The van der Waals surface area contributed by atoms with Crippen LogP contribution in [0.5, 0.6) is 0 Å². The van der Waals surface area contributed by atoms with Crippen LogP contribution in [0.3, 0.4) is 0 Å². The van der Waals surface area contributed by atoms with Gasteiger partial charge in [0.1, 0.15) is 0 Å². The minimum Gasteiger partial charge on any atom is -0.370 e. The molecule has 28 heavy (non-hydrogen) atoms. The first-order chi connectivity index (χ1) is 13.6. The molecule has 2 saturated heterocycles.